The van der Waals surface area contributed by atoms with Crippen LogP contribution in [0.15, 0.2) is 30.3 Å². The van der Waals surface area contributed by atoms with E-state index in [1.807, 2.05) is 44.2 Å². The van der Waals surface area contributed by atoms with Crippen molar-refractivity contribution >= 4 is 11.8 Å². The second kappa shape index (κ2) is 6.72. The molecular weight excluding hydrogens is 268 g/mol. The van der Waals surface area contributed by atoms with E-state index in [9.17, 15) is 9.59 Å². The molecule has 0 aromatic heterocycles. The molecule has 2 rings (SSSR count). The Hall–Kier alpha value is -1.88. The van der Waals surface area contributed by atoms with Crippen LogP contribution in [-0.4, -0.2) is 42.5 Å². The van der Waals surface area contributed by atoms with E-state index in [2.05, 4.69) is 5.32 Å². The van der Waals surface area contributed by atoms with E-state index in [1.165, 1.54) is 0 Å². The standard InChI is InChI=1S/C16H22N2O3/c1-4-11(2)17-16(20)15-14(12-8-6-5-7-9-12)18(3)13(19)10-21-15/h5-9,11,14-15H,4,10H2,1-3H3,(H,17,20)/t11-,14-,15+/m0/s1. The highest BCUT2D eigenvalue weighted by molar-refractivity contribution is 5.86. The van der Waals surface area contributed by atoms with Gasteiger partial charge in [-0.25, -0.2) is 0 Å². The van der Waals surface area contributed by atoms with Crippen LogP contribution in [0.3, 0.4) is 0 Å². The minimum Gasteiger partial charge on any atom is -0.356 e. The van der Waals surface area contributed by atoms with E-state index in [4.69, 9.17) is 4.74 Å². The van der Waals surface area contributed by atoms with Gasteiger partial charge in [-0.1, -0.05) is 37.3 Å². The lowest BCUT2D eigenvalue weighted by molar-refractivity contribution is -0.162. The number of benzene rings is 1. The van der Waals surface area contributed by atoms with Crippen molar-refractivity contribution in [2.45, 2.75) is 38.5 Å². The van der Waals surface area contributed by atoms with Gasteiger partial charge >= 0.3 is 0 Å². The molecule has 0 radical (unpaired) electrons. The average Bonchev–Trinajstić information content (AvgIpc) is 2.50. The fourth-order valence-electron chi connectivity index (χ4n) is 2.41. The Balaban J connectivity index is 2.25. The van der Waals surface area contributed by atoms with Gasteiger partial charge in [0.25, 0.3) is 5.91 Å². The number of morpholine rings is 1. The zero-order chi connectivity index (χ0) is 15.4. The number of carbonyl (C=O) groups is 2. The maximum absolute atomic E-state index is 12.4. The number of hydrogen-bond donors (Lipinski definition) is 1. The van der Waals surface area contributed by atoms with Gasteiger partial charge in [-0.05, 0) is 18.9 Å². The van der Waals surface area contributed by atoms with Gasteiger partial charge in [0.05, 0.1) is 6.04 Å². The summed E-state index contributed by atoms with van der Waals surface area (Å²) in [5, 5.41) is 2.93. The van der Waals surface area contributed by atoms with Crippen LogP contribution in [0, 0.1) is 0 Å². The fraction of sp³-hybridized carbons (Fsp3) is 0.500. The summed E-state index contributed by atoms with van der Waals surface area (Å²) in [6, 6.07) is 9.21. The van der Waals surface area contributed by atoms with Crippen molar-refractivity contribution < 1.29 is 14.3 Å². The summed E-state index contributed by atoms with van der Waals surface area (Å²) in [6.07, 6.45) is 0.174. The largest absolute Gasteiger partial charge is 0.356 e. The van der Waals surface area contributed by atoms with Gasteiger partial charge in [-0.3, -0.25) is 9.59 Å². The summed E-state index contributed by atoms with van der Waals surface area (Å²) in [5.74, 6) is -0.283. The van der Waals surface area contributed by atoms with Crippen molar-refractivity contribution in [1.29, 1.82) is 0 Å². The molecule has 0 aliphatic carbocycles. The van der Waals surface area contributed by atoms with Crippen LogP contribution < -0.4 is 5.32 Å². The normalized spacial score (nSPS) is 23.8. The van der Waals surface area contributed by atoms with Crippen LogP contribution in [0.1, 0.15) is 31.9 Å². The van der Waals surface area contributed by atoms with Crippen LogP contribution >= 0.6 is 0 Å². The molecule has 0 saturated carbocycles. The maximum Gasteiger partial charge on any atom is 0.251 e. The predicted octanol–water partition coefficient (Wildman–Crippen LogP) is 1.50. The second-order valence-corrected chi connectivity index (χ2v) is 5.41. The lowest BCUT2D eigenvalue weighted by Crippen LogP contribution is -2.54. The van der Waals surface area contributed by atoms with Gasteiger partial charge in [-0.15, -0.1) is 0 Å². The molecule has 1 aromatic rings. The van der Waals surface area contributed by atoms with E-state index >= 15 is 0 Å². The minimum atomic E-state index is -0.677. The van der Waals surface area contributed by atoms with Crippen LogP contribution in [0.5, 0.6) is 0 Å². The van der Waals surface area contributed by atoms with Gasteiger partial charge < -0.3 is 15.0 Å². The lowest BCUT2D eigenvalue weighted by atomic mass is 9.97. The summed E-state index contributed by atoms with van der Waals surface area (Å²) >= 11 is 0. The van der Waals surface area contributed by atoms with Crippen molar-refractivity contribution in [3.8, 4) is 0 Å². The third-order valence-electron chi connectivity index (χ3n) is 3.88. The van der Waals surface area contributed by atoms with Crippen molar-refractivity contribution in [3.05, 3.63) is 35.9 Å². The topological polar surface area (TPSA) is 58.6 Å². The van der Waals surface area contributed by atoms with E-state index in [1.54, 1.807) is 11.9 Å². The van der Waals surface area contributed by atoms with Gasteiger partial charge in [-0.2, -0.15) is 0 Å². The number of ether oxygens (including phenoxy) is 1. The Morgan fingerprint density at radius 1 is 1.43 bits per heavy atom. The molecule has 1 aromatic carbocycles. The molecule has 3 atom stereocenters. The third-order valence-corrected chi connectivity index (χ3v) is 3.88. The number of nitrogens with zero attached hydrogens (tertiary/aromatic N) is 1. The second-order valence-electron chi connectivity index (χ2n) is 5.41. The average molecular weight is 290 g/mol. The Morgan fingerprint density at radius 3 is 2.71 bits per heavy atom. The molecule has 1 heterocycles. The Bertz CT molecular complexity index is 504. The molecule has 21 heavy (non-hydrogen) atoms. The quantitative estimate of drug-likeness (QED) is 0.914. The number of carbonyl (C=O) groups excluding carboxylic acids is 2. The predicted molar refractivity (Wildman–Crippen MR) is 79.6 cm³/mol. The molecule has 0 unspecified atom stereocenters. The molecule has 1 fully saturated rings. The lowest BCUT2D eigenvalue weighted by Gasteiger charge is -2.38. The SMILES string of the molecule is CC[C@H](C)NC(=O)[C@@H]1OCC(=O)N(C)[C@H]1c1ccccc1. The zero-order valence-electron chi connectivity index (χ0n) is 12.7. The van der Waals surface area contributed by atoms with Gasteiger partial charge in [0, 0.05) is 13.1 Å². The number of likely N-dealkylation sites (N-methyl/N-ethyl adjacent to an activating group) is 1. The van der Waals surface area contributed by atoms with E-state index in [-0.39, 0.29) is 24.5 Å². The van der Waals surface area contributed by atoms with E-state index < -0.39 is 12.1 Å². The minimum absolute atomic E-state index is 0.0571. The number of hydrogen-bond acceptors (Lipinski definition) is 3. The first kappa shape index (κ1) is 15.5. The van der Waals surface area contributed by atoms with Crippen LogP contribution in [-0.2, 0) is 14.3 Å². The van der Waals surface area contributed by atoms with Crippen LogP contribution in [0.25, 0.3) is 0 Å². The fourth-order valence-corrected chi connectivity index (χ4v) is 2.41. The summed E-state index contributed by atoms with van der Waals surface area (Å²) in [4.78, 5) is 25.9. The Kier molecular flexibility index (Phi) is 4.96. The smallest absolute Gasteiger partial charge is 0.251 e. The highest BCUT2D eigenvalue weighted by atomic mass is 16.5. The van der Waals surface area contributed by atoms with Crippen LogP contribution in [0.2, 0.25) is 0 Å². The highest BCUT2D eigenvalue weighted by Gasteiger charge is 2.40. The number of amides is 2. The molecular formula is C16H22N2O3. The molecule has 5 heteroatoms. The van der Waals surface area contributed by atoms with Gasteiger partial charge in [0.2, 0.25) is 5.91 Å². The summed E-state index contributed by atoms with van der Waals surface area (Å²) in [5.41, 5.74) is 0.900. The summed E-state index contributed by atoms with van der Waals surface area (Å²) in [7, 11) is 1.71. The monoisotopic (exact) mass is 290 g/mol. The van der Waals surface area contributed by atoms with Crippen molar-refractivity contribution in [2.75, 3.05) is 13.7 Å². The molecule has 0 bridgehead atoms. The van der Waals surface area contributed by atoms with Crippen molar-refractivity contribution in [3.63, 3.8) is 0 Å². The van der Waals surface area contributed by atoms with E-state index in [0.717, 1.165) is 12.0 Å². The summed E-state index contributed by atoms with van der Waals surface area (Å²) < 4.78 is 5.53. The molecule has 0 spiro atoms. The van der Waals surface area contributed by atoms with E-state index in [0.29, 0.717) is 0 Å². The zero-order valence-corrected chi connectivity index (χ0v) is 12.7. The number of rotatable bonds is 4. The molecule has 114 valence electrons. The molecule has 1 aliphatic rings. The Labute approximate surface area is 125 Å². The van der Waals surface area contributed by atoms with Crippen molar-refractivity contribution in [2.24, 2.45) is 0 Å². The van der Waals surface area contributed by atoms with Gasteiger partial charge in [0.1, 0.15) is 6.61 Å². The Morgan fingerprint density at radius 2 is 2.10 bits per heavy atom. The first-order valence-electron chi connectivity index (χ1n) is 7.27. The van der Waals surface area contributed by atoms with Gasteiger partial charge in [0.15, 0.2) is 6.10 Å². The van der Waals surface area contributed by atoms with Crippen LogP contribution in [0.4, 0.5) is 0 Å². The number of nitrogens with one attached hydrogen (secondary N) is 1. The molecule has 1 N–H and O–H groups in total. The molecule has 1 saturated heterocycles. The molecule has 1 aliphatic heterocycles. The third kappa shape index (κ3) is 3.42. The highest BCUT2D eigenvalue weighted by Crippen LogP contribution is 2.29. The molecule has 5 nitrogen and oxygen atoms in total. The first-order chi connectivity index (χ1) is 10.0. The first-order valence-corrected chi connectivity index (χ1v) is 7.27. The summed E-state index contributed by atoms with van der Waals surface area (Å²) in [6.45, 7) is 3.91. The van der Waals surface area contributed by atoms with Crippen molar-refractivity contribution in [1.82, 2.24) is 10.2 Å². The molecule has 2 amide bonds. The maximum atomic E-state index is 12.4.